The summed E-state index contributed by atoms with van der Waals surface area (Å²) in [5.74, 6) is -0.819. The van der Waals surface area contributed by atoms with E-state index in [1.165, 1.54) is 360 Å². The molecule has 0 aliphatic heterocycles. The van der Waals surface area contributed by atoms with Crippen molar-refractivity contribution in [3.63, 3.8) is 0 Å². The van der Waals surface area contributed by atoms with E-state index in [0.29, 0.717) is 19.3 Å². The van der Waals surface area contributed by atoms with E-state index in [4.69, 9.17) is 14.2 Å². The van der Waals surface area contributed by atoms with Gasteiger partial charge in [0.2, 0.25) is 0 Å². The predicted octanol–water partition coefficient (Wildman–Crippen LogP) is 26.6. The standard InChI is InChI=1S/C77H150O6/c1-4-7-10-13-16-19-22-25-27-29-30-31-32-33-34-35-36-37-38-39-40-41-42-43-44-45-46-48-49-52-55-58-61-64-67-70-76(79)82-73-74(72-81-75(78)69-66-63-60-57-54-51-24-21-18-15-12-9-6-3)83-77(80)71-68-65-62-59-56-53-50-47-28-26-23-20-17-14-11-8-5-2/h74H,4-73H2,1-3H3. The van der Waals surface area contributed by atoms with Crippen LogP contribution in [0.3, 0.4) is 0 Å². The molecule has 0 aliphatic carbocycles. The third-order valence-electron chi connectivity index (χ3n) is 18.1. The minimum Gasteiger partial charge on any atom is -0.462 e. The smallest absolute Gasteiger partial charge is 0.306 e. The first-order valence-electron chi connectivity index (χ1n) is 38.5. The molecular formula is C77H150O6. The summed E-state index contributed by atoms with van der Waals surface area (Å²) < 4.78 is 17.0. The van der Waals surface area contributed by atoms with Crippen molar-refractivity contribution in [3.8, 4) is 0 Å². The molecule has 0 aliphatic rings. The Morgan fingerprint density at radius 3 is 0.482 bits per heavy atom. The fraction of sp³-hybridized carbons (Fsp3) is 0.961. The summed E-state index contributed by atoms with van der Waals surface area (Å²) in [4.78, 5) is 38.4. The first-order chi connectivity index (χ1) is 41.0. The van der Waals surface area contributed by atoms with Crippen LogP contribution in [-0.4, -0.2) is 37.2 Å². The maximum Gasteiger partial charge on any atom is 0.306 e. The van der Waals surface area contributed by atoms with Crippen LogP contribution in [0.15, 0.2) is 0 Å². The lowest BCUT2D eigenvalue weighted by Crippen LogP contribution is -2.30. The number of hydrogen-bond acceptors (Lipinski definition) is 6. The molecule has 0 saturated heterocycles. The van der Waals surface area contributed by atoms with E-state index in [1.807, 2.05) is 0 Å². The van der Waals surface area contributed by atoms with Gasteiger partial charge in [-0.15, -0.1) is 0 Å². The first-order valence-corrected chi connectivity index (χ1v) is 38.5. The monoisotopic (exact) mass is 1170 g/mol. The van der Waals surface area contributed by atoms with Crippen LogP contribution >= 0.6 is 0 Å². The van der Waals surface area contributed by atoms with Gasteiger partial charge in [0, 0.05) is 19.3 Å². The van der Waals surface area contributed by atoms with Crippen LogP contribution < -0.4 is 0 Å². The van der Waals surface area contributed by atoms with Crippen molar-refractivity contribution >= 4 is 17.9 Å². The molecule has 0 aromatic carbocycles. The molecule has 1 unspecified atom stereocenters. The Morgan fingerprint density at radius 1 is 0.193 bits per heavy atom. The largest absolute Gasteiger partial charge is 0.462 e. The van der Waals surface area contributed by atoms with Gasteiger partial charge in [0.15, 0.2) is 6.10 Å². The van der Waals surface area contributed by atoms with Crippen molar-refractivity contribution in [1.82, 2.24) is 0 Å². The van der Waals surface area contributed by atoms with Crippen molar-refractivity contribution < 1.29 is 28.6 Å². The van der Waals surface area contributed by atoms with Gasteiger partial charge in [-0.25, -0.2) is 0 Å². The Labute approximate surface area is 520 Å². The molecule has 0 aromatic rings. The fourth-order valence-corrected chi connectivity index (χ4v) is 12.3. The van der Waals surface area contributed by atoms with Crippen LogP contribution in [0.1, 0.15) is 457 Å². The van der Waals surface area contributed by atoms with Crippen molar-refractivity contribution in [1.29, 1.82) is 0 Å². The van der Waals surface area contributed by atoms with E-state index in [2.05, 4.69) is 20.8 Å². The Morgan fingerprint density at radius 2 is 0.325 bits per heavy atom. The minimum absolute atomic E-state index is 0.0602. The number of carbonyl (C=O) groups is 3. The third kappa shape index (κ3) is 71.1. The highest BCUT2D eigenvalue weighted by molar-refractivity contribution is 5.71. The summed E-state index contributed by atoms with van der Waals surface area (Å²) in [7, 11) is 0. The van der Waals surface area contributed by atoms with Gasteiger partial charge in [-0.2, -0.15) is 0 Å². The third-order valence-corrected chi connectivity index (χ3v) is 18.1. The number of carbonyl (C=O) groups excluding carboxylic acids is 3. The summed E-state index contributed by atoms with van der Waals surface area (Å²) in [6.07, 6.45) is 87.5. The van der Waals surface area contributed by atoms with Gasteiger partial charge >= 0.3 is 17.9 Å². The maximum atomic E-state index is 12.9. The van der Waals surface area contributed by atoms with E-state index in [9.17, 15) is 14.4 Å². The quantitative estimate of drug-likeness (QED) is 0.0343. The minimum atomic E-state index is -0.763. The van der Waals surface area contributed by atoms with Gasteiger partial charge < -0.3 is 14.2 Å². The van der Waals surface area contributed by atoms with Gasteiger partial charge in [0.05, 0.1) is 0 Å². The number of rotatable bonds is 73. The summed E-state index contributed by atoms with van der Waals surface area (Å²) in [5.41, 5.74) is 0. The first kappa shape index (κ1) is 81.4. The molecule has 6 nitrogen and oxygen atoms in total. The Balaban J connectivity index is 4.02. The molecule has 0 N–H and O–H groups in total. The fourth-order valence-electron chi connectivity index (χ4n) is 12.3. The van der Waals surface area contributed by atoms with Crippen LogP contribution in [0.25, 0.3) is 0 Å². The zero-order valence-corrected chi connectivity index (χ0v) is 57.0. The summed E-state index contributed by atoms with van der Waals surface area (Å²) >= 11 is 0. The van der Waals surface area contributed by atoms with Crippen LogP contribution in [-0.2, 0) is 28.6 Å². The number of hydrogen-bond donors (Lipinski definition) is 0. The van der Waals surface area contributed by atoms with Crippen molar-refractivity contribution in [2.24, 2.45) is 0 Å². The Bertz CT molecular complexity index is 1250. The molecule has 0 aromatic heterocycles. The van der Waals surface area contributed by atoms with Gasteiger partial charge in [-0.1, -0.05) is 419 Å². The van der Waals surface area contributed by atoms with E-state index in [-0.39, 0.29) is 31.1 Å². The number of ether oxygens (including phenoxy) is 3. The highest BCUT2D eigenvalue weighted by atomic mass is 16.6. The molecule has 0 heterocycles. The lowest BCUT2D eigenvalue weighted by Gasteiger charge is -2.18. The molecule has 0 amide bonds. The Hall–Kier alpha value is -1.59. The zero-order chi connectivity index (χ0) is 59.9. The highest BCUT2D eigenvalue weighted by Crippen LogP contribution is 2.20. The van der Waals surface area contributed by atoms with Crippen molar-refractivity contribution in [2.45, 2.75) is 463 Å². The van der Waals surface area contributed by atoms with Crippen molar-refractivity contribution in [2.75, 3.05) is 13.2 Å². The van der Waals surface area contributed by atoms with Crippen LogP contribution in [0, 0.1) is 0 Å². The second-order valence-corrected chi connectivity index (χ2v) is 26.6. The van der Waals surface area contributed by atoms with Crippen LogP contribution in [0.5, 0.6) is 0 Å². The maximum absolute atomic E-state index is 12.9. The molecular weight excluding hydrogens is 1020 g/mol. The predicted molar refractivity (Wildman–Crippen MR) is 363 cm³/mol. The highest BCUT2D eigenvalue weighted by Gasteiger charge is 2.20. The second kappa shape index (κ2) is 72.9. The zero-order valence-electron chi connectivity index (χ0n) is 57.0. The van der Waals surface area contributed by atoms with Crippen molar-refractivity contribution in [3.05, 3.63) is 0 Å². The van der Waals surface area contributed by atoms with E-state index < -0.39 is 6.10 Å². The molecule has 1 atom stereocenters. The molecule has 0 radical (unpaired) electrons. The molecule has 0 bridgehead atoms. The normalized spacial score (nSPS) is 11.9. The van der Waals surface area contributed by atoms with E-state index >= 15 is 0 Å². The number of unbranched alkanes of at least 4 members (excludes halogenated alkanes) is 62. The molecule has 0 saturated carbocycles. The van der Waals surface area contributed by atoms with Crippen LogP contribution in [0.4, 0.5) is 0 Å². The van der Waals surface area contributed by atoms with E-state index in [0.717, 1.165) is 57.8 Å². The van der Waals surface area contributed by atoms with Gasteiger partial charge in [0.25, 0.3) is 0 Å². The molecule has 83 heavy (non-hydrogen) atoms. The molecule has 0 rings (SSSR count). The summed E-state index contributed by atoms with van der Waals surface area (Å²) in [6.45, 7) is 6.74. The summed E-state index contributed by atoms with van der Waals surface area (Å²) in [5, 5.41) is 0. The van der Waals surface area contributed by atoms with Gasteiger partial charge in [-0.05, 0) is 19.3 Å². The Kier molecular flexibility index (Phi) is 71.5. The topological polar surface area (TPSA) is 78.9 Å². The number of esters is 3. The van der Waals surface area contributed by atoms with Gasteiger partial charge in [-0.3, -0.25) is 14.4 Å². The lowest BCUT2D eigenvalue weighted by molar-refractivity contribution is -0.167. The van der Waals surface area contributed by atoms with Gasteiger partial charge in [0.1, 0.15) is 13.2 Å². The summed E-state index contributed by atoms with van der Waals surface area (Å²) in [6, 6.07) is 0. The molecule has 0 spiro atoms. The second-order valence-electron chi connectivity index (χ2n) is 26.6. The van der Waals surface area contributed by atoms with E-state index in [1.54, 1.807) is 0 Å². The average molecular weight is 1170 g/mol. The lowest BCUT2D eigenvalue weighted by atomic mass is 10.0. The SMILES string of the molecule is CCCCCCCCCCCCCCCCCCCCCCCCCCCCCCCCCCCCCC(=O)OCC(COC(=O)CCCCCCCCCCCCCCC)OC(=O)CCCCCCCCCCCCCCCCCCC. The molecule has 6 heteroatoms. The molecule has 0 fully saturated rings. The molecule has 494 valence electrons. The average Bonchev–Trinajstić information content (AvgIpc) is 3.49. The van der Waals surface area contributed by atoms with Crippen LogP contribution in [0.2, 0.25) is 0 Å².